The monoisotopic (exact) mass is 267 g/mol. The van der Waals surface area contributed by atoms with E-state index in [1.54, 1.807) is 0 Å². The summed E-state index contributed by atoms with van der Waals surface area (Å²) in [5, 5.41) is 3.70. The molecule has 1 heterocycles. The Labute approximate surface area is 119 Å². The van der Waals surface area contributed by atoms with Crippen LogP contribution in [0, 0.1) is 17.3 Å². The Morgan fingerprint density at radius 1 is 1.26 bits per heavy atom. The Bertz CT molecular complexity index is 264. The summed E-state index contributed by atoms with van der Waals surface area (Å²) in [6, 6.07) is 0. The van der Waals surface area contributed by atoms with E-state index in [1.807, 2.05) is 0 Å². The molecule has 19 heavy (non-hydrogen) atoms. The van der Waals surface area contributed by atoms with E-state index >= 15 is 0 Å². The second-order valence-corrected chi connectivity index (χ2v) is 7.02. The molecule has 112 valence electrons. The van der Waals surface area contributed by atoms with Crippen molar-refractivity contribution < 1.29 is 4.74 Å². The van der Waals surface area contributed by atoms with E-state index in [0.717, 1.165) is 25.0 Å². The van der Waals surface area contributed by atoms with Crippen LogP contribution < -0.4 is 5.32 Å². The van der Waals surface area contributed by atoms with Crippen LogP contribution >= 0.6 is 0 Å². The third-order valence-corrected chi connectivity index (χ3v) is 4.99. The molecule has 1 aliphatic heterocycles. The van der Waals surface area contributed by atoms with Crippen molar-refractivity contribution in [3.8, 4) is 0 Å². The molecule has 2 nitrogen and oxygen atoms in total. The maximum absolute atomic E-state index is 6.16. The van der Waals surface area contributed by atoms with Crippen molar-refractivity contribution in [1.29, 1.82) is 0 Å². The predicted octanol–water partition coefficient (Wildman–Crippen LogP) is 4.00. The Morgan fingerprint density at radius 3 is 2.68 bits per heavy atom. The molecule has 2 heteroatoms. The van der Waals surface area contributed by atoms with Gasteiger partial charge in [-0.15, -0.1) is 0 Å². The fourth-order valence-corrected chi connectivity index (χ4v) is 4.03. The zero-order valence-electron chi connectivity index (χ0n) is 13.2. The largest absolute Gasteiger partial charge is 0.377 e. The summed E-state index contributed by atoms with van der Waals surface area (Å²) >= 11 is 0. The minimum atomic E-state index is 0.435. The van der Waals surface area contributed by atoms with Crippen molar-refractivity contribution >= 4 is 0 Å². The van der Waals surface area contributed by atoms with Crippen LogP contribution in [-0.4, -0.2) is 25.8 Å². The molecule has 0 aromatic rings. The van der Waals surface area contributed by atoms with Crippen LogP contribution in [0.5, 0.6) is 0 Å². The lowest BCUT2D eigenvalue weighted by molar-refractivity contribution is 0.0191. The molecule has 0 aromatic carbocycles. The standard InChI is InChI=1S/C17H33NO/c1-4-6-14(3)12-17(13-18-10-5-2)9-11-19-16(17)15-7-8-15/h14-16,18H,4-13H2,1-3H3. The summed E-state index contributed by atoms with van der Waals surface area (Å²) in [4.78, 5) is 0. The van der Waals surface area contributed by atoms with E-state index in [9.17, 15) is 0 Å². The first-order chi connectivity index (χ1) is 9.22. The summed E-state index contributed by atoms with van der Waals surface area (Å²) in [5.74, 6) is 1.72. The van der Waals surface area contributed by atoms with Crippen molar-refractivity contribution in [2.75, 3.05) is 19.7 Å². The van der Waals surface area contributed by atoms with Crippen molar-refractivity contribution in [1.82, 2.24) is 5.32 Å². The first kappa shape index (κ1) is 15.3. The molecule has 0 amide bonds. The normalized spacial score (nSPS) is 32.7. The quantitative estimate of drug-likeness (QED) is 0.638. The van der Waals surface area contributed by atoms with Gasteiger partial charge in [0.2, 0.25) is 0 Å². The summed E-state index contributed by atoms with van der Waals surface area (Å²) < 4.78 is 6.16. The lowest BCUT2D eigenvalue weighted by Crippen LogP contribution is -2.43. The topological polar surface area (TPSA) is 21.3 Å². The van der Waals surface area contributed by atoms with Crippen molar-refractivity contribution in [3.05, 3.63) is 0 Å². The van der Waals surface area contributed by atoms with Gasteiger partial charge < -0.3 is 10.1 Å². The minimum absolute atomic E-state index is 0.435. The van der Waals surface area contributed by atoms with E-state index < -0.39 is 0 Å². The van der Waals surface area contributed by atoms with E-state index in [-0.39, 0.29) is 0 Å². The van der Waals surface area contributed by atoms with E-state index in [4.69, 9.17) is 4.74 Å². The van der Waals surface area contributed by atoms with Gasteiger partial charge in [-0.1, -0.05) is 33.6 Å². The van der Waals surface area contributed by atoms with Gasteiger partial charge >= 0.3 is 0 Å². The highest BCUT2D eigenvalue weighted by molar-refractivity contribution is 5.01. The molecule has 0 aromatic heterocycles. The van der Waals surface area contributed by atoms with E-state index in [1.165, 1.54) is 51.5 Å². The molecule has 1 saturated carbocycles. The average molecular weight is 267 g/mol. The van der Waals surface area contributed by atoms with Gasteiger partial charge in [0, 0.05) is 18.6 Å². The molecule has 1 aliphatic carbocycles. The average Bonchev–Trinajstić information content (AvgIpc) is 3.13. The Balaban J connectivity index is 1.98. The van der Waals surface area contributed by atoms with Gasteiger partial charge in [-0.25, -0.2) is 0 Å². The third-order valence-electron chi connectivity index (χ3n) is 4.99. The molecule has 3 atom stereocenters. The maximum atomic E-state index is 6.16. The van der Waals surface area contributed by atoms with Crippen molar-refractivity contribution in [2.24, 2.45) is 17.3 Å². The van der Waals surface area contributed by atoms with Crippen molar-refractivity contribution in [3.63, 3.8) is 0 Å². The zero-order chi connectivity index (χ0) is 13.7. The Hall–Kier alpha value is -0.0800. The van der Waals surface area contributed by atoms with Crippen LogP contribution in [-0.2, 0) is 4.74 Å². The Morgan fingerprint density at radius 2 is 2.05 bits per heavy atom. The molecule has 2 rings (SSSR count). The van der Waals surface area contributed by atoms with E-state index in [2.05, 4.69) is 26.1 Å². The van der Waals surface area contributed by atoms with Crippen LogP contribution in [0.3, 0.4) is 0 Å². The molecule has 1 saturated heterocycles. The SMILES string of the molecule is CCCNCC1(CC(C)CCC)CCOC1C1CC1. The molecule has 0 bridgehead atoms. The third kappa shape index (κ3) is 3.95. The van der Waals surface area contributed by atoms with E-state index in [0.29, 0.717) is 11.5 Å². The Kier molecular flexibility index (Phi) is 5.70. The number of nitrogens with one attached hydrogen (secondary N) is 1. The summed E-state index contributed by atoms with van der Waals surface area (Å²) in [5.41, 5.74) is 0.435. The van der Waals surface area contributed by atoms with Gasteiger partial charge in [-0.3, -0.25) is 0 Å². The van der Waals surface area contributed by atoms with Crippen LogP contribution in [0.25, 0.3) is 0 Å². The predicted molar refractivity (Wildman–Crippen MR) is 81.4 cm³/mol. The number of hydrogen-bond acceptors (Lipinski definition) is 2. The molecular weight excluding hydrogens is 234 g/mol. The molecule has 2 fully saturated rings. The smallest absolute Gasteiger partial charge is 0.0672 e. The maximum Gasteiger partial charge on any atom is 0.0672 e. The van der Waals surface area contributed by atoms with Gasteiger partial charge in [0.05, 0.1) is 6.10 Å². The minimum Gasteiger partial charge on any atom is -0.377 e. The van der Waals surface area contributed by atoms with Gasteiger partial charge in [0.1, 0.15) is 0 Å². The fourth-order valence-electron chi connectivity index (χ4n) is 4.03. The second-order valence-electron chi connectivity index (χ2n) is 7.02. The summed E-state index contributed by atoms with van der Waals surface area (Å²) in [6.07, 6.45) is 9.91. The van der Waals surface area contributed by atoms with Gasteiger partial charge in [0.15, 0.2) is 0 Å². The number of ether oxygens (including phenoxy) is 1. The van der Waals surface area contributed by atoms with Crippen molar-refractivity contribution in [2.45, 2.75) is 71.8 Å². The zero-order valence-corrected chi connectivity index (χ0v) is 13.2. The van der Waals surface area contributed by atoms with Gasteiger partial charge in [-0.05, 0) is 50.5 Å². The number of rotatable bonds is 9. The molecule has 3 unspecified atom stereocenters. The number of hydrogen-bond donors (Lipinski definition) is 1. The second kappa shape index (κ2) is 7.08. The first-order valence-corrected chi connectivity index (χ1v) is 8.54. The van der Waals surface area contributed by atoms with Crippen LogP contribution in [0.4, 0.5) is 0 Å². The molecule has 0 spiro atoms. The van der Waals surface area contributed by atoms with Crippen LogP contribution in [0.2, 0.25) is 0 Å². The fraction of sp³-hybridized carbons (Fsp3) is 1.00. The highest BCUT2D eigenvalue weighted by Crippen LogP contribution is 2.50. The van der Waals surface area contributed by atoms with Gasteiger partial charge in [0.25, 0.3) is 0 Å². The summed E-state index contributed by atoms with van der Waals surface area (Å²) in [6.45, 7) is 10.3. The first-order valence-electron chi connectivity index (χ1n) is 8.54. The highest BCUT2D eigenvalue weighted by atomic mass is 16.5. The van der Waals surface area contributed by atoms with Gasteiger partial charge in [-0.2, -0.15) is 0 Å². The lowest BCUT2D eigenvalue weighted by Gasteiger charge is -2.37. The van der Waals surface area contributed by atoms with Crippen LogP contribution in [0.1, 0.15) is 65.7 Å². The summed E-state index contributed by atoms with van der Waals surface area (Å²) in [7, 11) is 0. The lowest BCUT2D eigenvalue weighted by atomic mass is 9.72. The molecular formula is C17H33NO. The highest BCUT2D eigenvalue weighted by Gasteiger charge is 2.50. The molecule has 1 N–H and O–H groups in total. The molecule has 0 radical (unpaired) electrons. The molecule has 2 aliphatic rings. The van der Waals surface area contributed by atoms with Crippen LogP contribution in [0.15, 0.2) is 0 Å².